The minimum Gasteiger partial charge on any atom is -0.481 e. The minimum absolute atomic E-state index is 0.121. The molecule has 0 aliphatic carbocycles. The van der Waals surface area contributed by atoms with Gasteiger partial charge in [0.15, 0.2) is 0 Å². The third kappa shape index (κ3) is 26.9. The van der Waals surface area contributed by atoms with E-state index >= 15 is 0 Å². The molecule has 6 nitrogen and oxygen atoms in total. The number of rotatable bonds is 17. The first kappa shape index (κ1) is 31.0. The standard InChI is InChI=1S/C13H26O3.C11H22O3/c1-4-16-13(15)10-12(14)9-7-5-6-8-11(2)3;1-9(2)6-4-3-5-7-10(12)8-11(13)14/h11-12,14H,4-10H2,1-3H3;9-10,12H,3-8H2,1-2H3,(H,13,14). The van der Waals surface area contributed by atoms with E-state index in [1.807, 2.05) is 0 Å². The molecule has 0 aromatic carbocycles. The van der Waals surface area contributed by atoms with E-state index in [4.69, 9.17) is 9.84 Å². The van der Waals surface area contributed by atoms with E-state index in [0.717, 1.165) is 37.5 Å². The fourth-order valence-corrected chi connectivity index (χ4v) is 3.04. The molecule has 0 aromatic heterocycles. The fourth-order valence-electron chi connectivity index (χ4n) is 3.04. The summed E-state index contributed by atoms with van der Waals surface area (Å²) in [6, 6.07) is 0. The Labute approximate surface area is 184 Å². The largest absolute Gasteiger partial charge is 0.481 e. The van der Waals surface area contributed by atoms with Gasteiger partial charge in [0.2, 0.25) is 0 Å². The van der Waals surface area contributed by atoms with E-state index < -0.39 is 18.2 Å². The Morgan fingerprint density at radius 1 is 0.700 bits per heavy atom. The molecule has 0 aliphatic heterocycles. The molecule has 0 aliphatic rings. The van der Waals surface area contributed by atoms with Crippen LogP contribution in [0.3, 0.4) is 0 Å². The molecule has 0 rings (SSSR count). The van der Waals surface area contributed by atoms with Crippen molar-refractivity contribution in [1.82, 2.24) is 0 Å². The molecule has 0 saturated carbocycles. The Bertz CT molecular complexity index is 409. The Morgan fingerprint density at radius 3 is 1.47 bits per heavy atom. The second-order valence-corrected chi connectivity index (χ2v) is 8.98. The number of carbonyl (C=O) groups excluding carboxylic acids is 1. The van der Waals surface area contributed by atoms with Crippen LogP contribution in [0.25, 0.3) is 0 Å². The molecule has 2 unspecified atom stereocenters. The predicted octanol–water partition coefficient (Wildman–Crippen LogP) is 5.34. The van der Waals surface area contributed by atoms with Crippen LogP contribution in [0.4, 0.5) is 0 Å². The molecular weight excluding hydrogens is 384 g/mol. The molecule has 0 radical (unpaired) electrons. The van der Waals surface area contributed by atoms with E-state index in [-0.39, 0.29) is 18.8 Å². The van der Waals surface area contributed by atoms with Gasteiger partial charge in [-0.05, 0) is 31.6 Å². The van der Waals surface area contributed by atoms with Crippen molar-refractivity contribution in [1.29, 1.82) is 0 Å². The third-order valence-corrected chi connectivity index (χ3v) is 4.76. The topological polar surface area (TPSA) is 104 Å². The predicted molar refractivity (Wildman–Crippen MR) is 121 cm³/mol. The van der Waals surface area contributed by atoms with Crippen molar-refractivity contribution in [3.05, 3.63) is 0 Å². The van der Waals surface area contributed by atoms with Gasteiger partial charge in [0, 0.05) is 0 Å². The van der Waals surface area contributed by atoms with E-state index in [0.29, 0.717) is 19.4 Å². The lowest BCUT2D eigenvalue weighted by atomic mass is 10.0. The van der Waals surface area contributed by atoms with Crippen LogP contribution in [-0.4, -0.2) is 46.1 Å². The molecule has 30 heavy (non-hydrogen) atoms. The maximum absolute atomic E-state index is 11.0. The lowest BCUT2D eigenvalue weighted by Crippen LogP contribution is -2.15. The summed E-state index contributed by atoms with van der Waals surface area (Å²) in [4.78, 5) is 21.3. The normalized spacial score (nSPS) is 13.0. The van der Waals surface area contributed by atoms with E-state index in [1.165, 1.54) is 25.7 Å². The first-order valence-electron chi connectivity index (χ1n) is 11.8. The van der Waals surface area contributed by atoms with Crippen LogP contribution in [0, 0.1) is 11.8 Å². The van der Waals surface area contributed by atoms with Crippen molar-refractivity contribution in [2.75, 3.05) is 6.61 Å². The molecular formula is C24H48O6. The maximum Gasteiger partial charge on any atom is 0.308 e. The summed E-state index contributed by atoms with van der Waals surface area (Å²) in [6.45, 7) is 11.0. The SMILES string of the molecule is CC(C)CCCCCC(O)CC(=O)O.CCOC(=O)CC(O)CCCCCC(C)C. The highest BCUT2D eigenvalue weighted by Gasteiger charge is 2.11. The summed E-state index contributed by atoms with van der Waals surface area (Å²) >= 11 is 0. The van der Waals surface area contributed by atoms with E-state index in [2.05, 4.69) is 27.7 Å². The number of aliphatic hydroxyl groups excluding tert-OH is 2. The minimum atomic E-state index is -0.917. The number of ether oxygens (including phenoxy) is 1. The number of carboxylic acid groups (broad SMARTS) is 1. The Morgan fingerprint density at radius 2 is 1.10 bits per heavy atom. The molecule has 180 valence electrons. The summed E-state index contributed by atoms with van der Waals surface area (Å²) in [6.07, 6.45) is 9.15. The highest BCUT2D eigenvalue weighted by molar-refractivity contribution is 5.69. The fraction of sp³-hybridized carbons (Fsp3) is 0.917. The van der Waals surface area contributed by atoms with Crippen LogP contribution in [0.15, 0.2) is 0 Å². The molecule has 0 heterocycles. The van der Waals surface area contributed by atoms with Crippen LogP contribution in [0.5, 0.6) is 0 Å². The third-order valence-electron chi connectivity index (χ3n) is 4.76. The summed E-state index contributed by atoms with van der Waals surface area (Å²) in [5, 5.41) is 27.2. The van der Waals surface area contributed by atoms with Crippen LogP contribution in [0.1, 0.15) is 112 Å². The zero-order valence-electron chi connectivity index (χ0n) is 20.1. The first-order chi connectivity index (χ1) is 14.1. The molecule has 0 amide bonds. The van der Waals surface area contributed by atoms with Gasteiger partial charge in [-0.1, -0.05) is 79.1 Å². The highest BCUT2D eigenvalue weighted by atomic mass is 16.5. The number of unbranched alkanes of at least 4 members (excludes halogenated alkanes) is 4. The maximum atomic E-state index is 11.0. The van der Waals surface area contributed by atoms with Crippen LogP contribution >= 0.6 is 0 Å². The zero-order valence-corrected chi connectivity index (χ0v) is 20.1. The molecule has 2 atom stereocenters. The van der Waals surface area contributed by atoms with Gasteiger partial charge in [0.1, 0.15) is 0 Å². The summed E-state index contributed by atoms with van der Waals surface area (Å²) < 4.78 is 4.77. The van der Waals surface area contributed by atoms with E-state index in [1.54, 1.807) is 6.92 Å². The van der Waals surface area contributed by atoms with Crippen LogP contribution in [-0.2, 0) is 14.3 Å². The van der Waals surface area contributed by atoms with Crippen LogP contribution < -0.4 is 0 Å². The average molecular weight is 433 g/mol. The van der Waals surface area contributed by atoms with Gasteiger partial charge in [-0.3, -0.25) is 9.59 Å². The molecule has 0 aromatic rings. The monoisotopic (exact) mass is 432 g/mol. The number of aliphatic hydroxyl groups is 2. The molecule has 0 saturated heterocycles. The van der Waals surface area contributed by atoms with Crippen molar-refractivity contribution < 1.29 is 29.6 Å². The van der Waals surface area contributed by atoms with Crippen molar-refractivity contribution in [3.63, 3.8) is 0 Å². The van der Waals surface area contributed by atoms with Crippen LogP contribution in [0.2, 0.25) is 0 Å². The van der Waals surface area contributed by atoms with Crippen molar-refractivity contribution in [3.8, 4) is 0 Å². The Hall–Kier alpha value is -1.14. The average Bonchev–Trinajstić information content (AvgIpc) is 2.60. The highest BCUT2D eigenvalue weighted by Crippen LogP contribution is 2.13. The number of hydrogen-bond donors (Lipinski definition) is 3. The number of hydrogen-bond acceptors (Lipinski definition) is 5. The summed E-state index contributed by atoms with van der Waals surface area (Å²) in [7, 11) is 0. The second kappa shape index (κ2) is 21.1. The first-order valence-corrected chi connectivity index (χ1v) is 11.8. The molecule has 6 heteroatoms. The van der Waals surface area contributed by atoms with Gasteiger partial charge in [0.05, 0.1) is 31.7 Å². The van der Waals surface area contributed by atoms with Gasteiger partial charge < -0.3 is 20.1 Å². The number of esters is 1. The van der Waals surface area contributed by atoms with Gasteiger partial charge >= 0.3 is 11.9 Å². The number of carbonyl (C=O) groups is 2. The Balaban J connectivity index is 0. The quantitative estimate of drug-likeness (QED) is 0.212. The van der Waals surface area contributed by atoms with Gasteiger partial charge in [0.25, 0.3) is 0 Å². The van der Waals surface area contributed by atoms with Gasteiger partial charge in [-0.15, -0.1) is 0 Å². The zero-order chi connectivity index (χ0) is 23.4. The smallest absolute Gasteiger partial charge is 0.308 e. The molecule has 0 fully saturated rings. The number of carboxylic acids is 1. The van der Waals surface area contributed by atoms with Crippen molar-refractivity contribution in [2.24, 2.45) is 11.8 Å². The second-order valence-electron chi connectivity index (χ2n) is 8.98. The molecule has 0 spiro atoms. The van der Waals surface area contributed by atoms with Crippen molar-refractivity contribution >= 4 is 11.9 Å². The summed E-state index contributed by atoms with van der Waals surface area (Å²) in [5.41, 5.74) is 0. The molecule has 3 N–H and O–H groups in total. The molecule has 0 bridgehead atoms. The summed E-state index contributed by atoms with van der Waals surface area (Å²) in [5.74, 6) is 0.278. The lowest BCUT2D eigenvalue weighted by molar-refractivity contribution is -0.145. The van der Waals surface area contributed by atoms with Gasteiger partial charge in [-0.2, -0.15) is 0 Å². The number of aliphatic carboxylic acids is 1. The lowest BCUT2D eigenvalue weighted by Gasteiger charge is -2.10. The van der Waals surface area contributed by atoms with Gasteiger partial charge in [-0.25, -0.2) is 0 Å². The Kier molecular flexibility index (Phi) is 21.8. The van der Waals surface area contributed by atoms with Crippen molar-refractivity contribution in [2.45, 2.75) is 124 Å². The van der Waals surface area contributed by atoms with E-state index in [9.17, 15) is 19.8 Å².